The lowest BCUT2D eigenvalue weighted by molar-refractivity contribution is -0.0996. The van der Waals surface area contributed by atoms with Crippen molar-refractivity contribution in [2.45, 2.75) is 62.6 Å². The molecule has 7 N–H and O–H groups in total. The number of nitrogens with two attached hydrogens (primary N) is 2. The van der Waals surface area contributed by atoms with Crippen LogP contribution in [0.5, 0.6) is 5.75 Å². The van der Waals surface area contributed by atoms with Gasteiger partial charge in [0.25, 0.3) is 0 Å². The predicted molar refractivity (Wildman–Crippen MR) is 137 cm³/mol. The van der Waals surface area contributed by atoms with Crippen molar-refractivity contribution in [3.05, 3.63) is 58.3 Å². The van der Waals surface area contributed by atoms with Crippen molar-refractivity contribution in [3.63, 3.8) is 0 Å². The van der Waals surface area contributed by atoms with E-state index >= 15 is 0 Å². The number of aliphatic hydroxyl groups is 1. The number of guanidine groups is 1. The molecule has 35 heavy (non-hydrogen) atoms. The highest BCUT2D eigenvalue weighted by Gasteiger charge is 2.67. The van der Waals surface area contributed by atoms with Crippen molar-refractivity contribution in [3.8, 4) is 5.75 Å². The van der Waals surface area contributed by atoms with Crippen molar-refractivity contribution in [1.29, 1.82) is 0 Å². The van der Waals surface area contributed by atoms with Crippen LogP contribution in [0, 0.1) is 12.8 Å². The number of hydrogen-bond acceptors (Lipinski definition) is 4. The second-order valence-electron chi connectivity index (χ2n) is 11.1. The van der Waals surface area contributed by atoms with Crippen LogP contribution in [-0.4, -0.2) is 34.7 Å². The van der Waals surface area contributed by atoms with Gasteiger partial charge in [-0.3, -0.25) is 0 Å². The van der Waals surface area contributed by atoms with Gasteiger partial charge in [-0.25, -0.2) is 4.99 Å². The van der Waals surface area contributed by atoms with Gasteiger partial charge in [-0.1, -0.05) is 12.1 Å². The van der Waals surface area contributed by atoms with Crippen LogP contribution in [0.3, 0.4) is 0 Å². The number of nitrogens with one attached hydrogen (secondary N) is 2. The lowest BCUT2D eigenvalue weighted by atomic mass is 9.52. The molecule has 4 aliphatic rings. The Kier molecular flexibility index (Phi) is 4.40. The van der Waals surface area contributed by atoms with Crippen LogP contribution < -0.4 is 21.5 Å². The van der Waals surface area contributed by atoms with E-state index in [0.717, 1.165) is 71.7 Å². The maximum atomic E-state index is 12.6. The summed E-state index contributed by atoms with van der Waals surface area (Å²) in [5.74, 6) is 1.83. The van der Waals surface area contributed by atoms with Crippen LogP contribution in [0.1, 0.15) is 59.7 Å². The summed E-state index contributed by atoms with van der Waals surface area (Å²) in [6.45, 7) is 4.06. The first kappa shape index (κ1) is 21.3. The van der Waals surface area contributed by atoms with Crippen molar-refractivity contribution in [1.82, 2.24) is 10.3 Å². The summed E-state index contributed by atoms with van der Waals surface area (Å²) >= 11 is 0. The Morgan fingerprint density at radius 1 is 1.26 bits per heavy atom. The molecule has 2 heterocycles. The van der Waals surface area contributed by atoms with E-state index in [-0.39, 0.29) is 12.1 Å². The minimum Gasteiger partial charge on any atom is -0.483 e. The summed E-state index contributed by atoms with van der Waals surface area (Å²) < 4.78 is 6.86. The number of H-pyrrole nitrogens is 1. The number of ether oxygens (including phenoxy) is 1. The number of hydrogen-bond donors (Lipinski definition) is 5. The number of aryl methyl sites for hydroxylation is 2. The van der Waals surface area contributed by atoms with Gasteiger partial charge in [0.2, 0.25) is 0 Å². The molecule has 0 bridgehead atoms. The van der Waals surface area contributed by atoms with E-state index in [0.29, 0.717) is 12.1 Å². The highest BCUT2D eigenvalue weighted by Crippen LogP contribution is 2.66. The maximum Gasteiger partial charge on any atom is 0.191 e. The molecule has 3 aromatic rings. The lowest BCUT2D eigenvalue weighted by Crippen LogP contribution is -2.61. The van der Waals surface area contributed by atoms with Crippen LogP contribution in [-0.2, 0) is 18.3 Å². The maximum absolute atomic E-state index is 12.6. The fourth-order valence-corrected chi connectivity index (χ4v) is 7.10. The number of aromatic nitrogens is 1. The van der Waals surface area contributed by atoms with E-state index in [1.165, 1.54) is 24.0 Å². The molecule has 0 amide bonds. The molecule has 7 rings (SSSR count). The number of rotatable bonds is 6. The molecule has 1 aromatic heterocycles. The van der Waals surface area contributed by atoms with Gasteiger partial charge in [0.1, 0.15) is 5.75 Å². The van der Waals surface area contributed by atoms with Crippen molar-refractivity contribution in [2.75, 3.05) is 13.1 Å². The fraction of sp³-hybridized carbons (Fsp3) is 0.464. The topological polar surface area (TPSA) is 122 Å². The largest absolute Gasteiger partial charge is 0.483 e. The Morgan fingerprint density at radius 3 is 2.91 bits per heavy atom. The fourth-order valence-electron chi connectivity index (χ4n) is 7.10. The first-order valence-corrected chi connectivity index (χ1v) is 12.9. The quantitative estimate of drug-likeness (QED) is 0.214. The van der Waals surface area contributed by atoms with Gasteiger partial charge in [0.15, 0.2) is 12.1 Å². The summed E-state index contributed by atoms with van der Waals surface area (Å²) in [7, 11) is 0. The van der Waals surface area contributed by atoms with Gasteiger partial charge in [0, 0.05) is 22.9 Å². The highest BCUT2D eigenvalue weighted by molar-refractivity contribution is 5.90. The molecule has 1 fully saturated rings. The summed E-state index contributed by atoms with van der Waals surface area (Å²) in [6, 6.07) is 10.4. The van der Waals surface area contributed by atoms with Crippen LogP contribution in [0.25, 0.3) is 10.9 Å². The first-order valence-electron chi connectivity index (χ1n) is 12.9. The summed E-state index contributed by atoms with van der Waals surface area (Å²) in [5, 5.41) is 17.3. The van der Waals surface area contributed by atoms with E-state index in [2.05, 4.69) is 34.3 Å². The van der Waals surface area contributed by atoms with Gasteiger partial charge < -0.3 is 31.6 Å². The number of benzene rings is 2. The van der Waals surface area contributed by atoms with E-state index in [1.54, 1.807) is 0 Å². The molecule has 1 saturated carbocycles. The van der Waals surface area contributed by atoms with Crippen LogP contribution in [0.15, 0.2) is 35.3 Å². The minimum absolute atomic E-state index is 0.0370. The minimum atomic E-state index is -0.890. The molecule has 2 aromatic carbocycles. The molecule has 0 saturated heterocycles. The summed E-state index contributed by atoms with van der Waals surface area (Å²) in [4.78, 5) is 7.93. The zero-order valence-corrected chi connectivity index (χ0v) is 20.2. The van der Waals surface area contributed by atoms with Crippen LogP contribution in [0.2, 0.25) is 0 Å². The number of aromatic amines is 1. The Balaban J connectivity index is 1.40. The smallest absolute Gasteiger partial charge is 0.191 e. The molecule has 7 heteroatoms. The van der Waals surface area contributed by atoms with Gasteiger partial charge in [0.05, 0.1) is 22.4 Å². The van der Waals surface area contributed by atoms with Crippen molar-refractivity contribution >= 4 is 22.5 Å². The van der Waals surface area contributed by atoms with E-state index < -0.39 is 11.0 Å². The number of nitrogens with zero attached hydrogens (tertiary/aromatic N) is 1. The third-order valence-electron chi connectivity index (χ3n) is 8.95. The summed E-state index contributed by atoms with van der Waals surface area (Å²) in [6.07, 6.45) is 5.43. The zero-order valence-electron chi connectivity index (χ0n) is 20.2. The average molecular weight is 472 g/mol. The van der Waals surface area contributed by atoms with Crippen LogP contribution >= 0.6 is 0 Å². The molecule has 0 spiro atoms. The molecular weight excluding hydrogens is 438 g/mol. The molecule has 1 aliphatic heterocycles. The van der Waals surface area contributed by atoms with E-state index in [4.69, 9.17) is 16.2 Å². The molecule has 3 unspecified atom stereocenters. The van der Waals surface area contributed by atoms with Gasteiger partial charge >= 0.3 is 0 Å². The molecule has 3 aliphatic carbocycles. The molecule has 0 radical (unpaired) electrons. The lowest BCUT2D eigenvalue weighted by Gasteiger charge is -2.53. The zero-order chi connectivity index (χ0) is 23.9. The molecule has 3 atom stereocenters. The Morgan fingerprint density at radius 2 is 2.11 bits per heavy atom. The average Bonchev–Trinajstić information content (AvgIpc) is 3.48. The standard InChI is InChI=1S/C28H33N5O2/c1-15-2-5-17-8-9-27(34)13-20-19-12-18(32-26(29)30)6-7-21(19)33-23(20)25-28(27,22(17)24(15)35-25)10-11-31-14-16-3-4-16/h2,5-7,12,16,25,31,33-34H,3-4,8-11,13-14H2,1H3,(H4,29,30,32). The monoisotopic (exact) mass is 471 g/mol. The third-order valence-corrected chi connectivity index (χ3v) is 8.95. The predicted octanol–water partition coefficient (Wildman–Crippen LogP) is 3.38. The Labute approximate surface area is 204 Å². The molecular formula is C28H33N5O2. The second kappa shape index (κ2) is 7.24. The van der Waals surface area contributed by atoms with E-state index in [1.807, 2.05) is 18.2 Å². The number of fused-ring (bicyclic) bond motifs is 4. The second-order valence-corrected chi connectivity index (χ2v) is 11.1. The van der Waals surface area contributed by atoms with Gasteiger partial charge in [-0.05, 0) is 92.9 Å². The Hall–Kier alpha value is -3.03. The molecule has 182 valence electrons. The van der Waals surface area contributed by atoms with Crippen molar-refractivity contribution < 1.29 is 9.84 Å². The summed E-state index contributed by atoms with van der Waals surface area (Å²) in [5.41, 5.74) is 17.6. The first-order chi connectivity index (χ1) is 16.9. The normalized spacial score (nSPS) is 27.9. The number of aliphatic imine (C=N–C) groups is 1. The van der Waals surface area contributed by atoms with Gasteiger partial charge in [-0.15, -0.1) is 0 Å². The Bertz CT molecular complexity index is 1390. The van der Waals surface area contributed by atoms with Crippen molar-refractivity contribution in [2.24, 2.45) is 22.4 Å². The van der Waals surface area contributed by atoms with E-state index in [9.17, 15) is 5.11 Å². The third kappa shape index (κ3) is 2.94. The highest BCUT2D eigenvalue weighted by atomic mass is 16.5. The molecule has 7 nitrogen and oxygen atoms in total. The van der Waals surface area contributed by atoms with Gasteiger partial charge in [-0.2, -0.15) is 0 Å². The van der Waals surface area contributed by atoms with Crippen LogP contribution in [0.4, 0.5) is 5.69 Å². The SMILES string of the molecule is Cc1ccc2c3c1OC1c4[nH]c5ccc(N=C(N)N)cc5c4CC(O)(CC2)C31CCNCC1CC1.